The van der Waals surface area contributed by atoms with Gasteiger partial charge in [-0.3, -0.25) is 10.1 Å². The normalized spacial score (nSPS) is 14.5. The fourth-order valence-corrected chi connectivity index (χ4v) is 2.66. The van der Waals surface area contributed by atoms with Crippen molar-refractivity contribution in [2.75, 3.05) is 7.11 Å². The van der Waals surface area contributed by atoms with E-state index in [0.717, 1.165) is 11.1 Å². The van der Waals surface area contributed by atoms with Crippen molar-refractivity contribution >= 4 is 29.3 Å². The Labute approximate surface area is 156 Å². The fraction of sp³-hybridized carbons (Fsp3) is 0.105. The fourth-order valence-electron chi connectivity index (χ4n) is 2.45. The molecular formula is C19H15N3O3S. The molecule has 26 heavy (non-hydrogen) atoms. The molecule has 2 N–H and O–H groups in total. The zero-order chi connectivity index (χ0) is 18.5. The lowest BCUT2D eigenvalue weighted by Crippen LogP contribution is -2.21. The second-order valence-corrected chi connectivity index (χ2v) is 5.84. The molecule has 0 aromatic heterocycles. The molecule has 0 radical (unpaired) electrons. The summed E-state index contributed by atoms with van der Waals surface area (Å²) in [5.74, 6) is 0.791. The van der Waals surface area contributed by atoms with E-state index in [1.165, 1.54) is 7.11 Å². The molecule has 2 aromatic rings. The van der Waals surface area contributed by atoms with Crippen LogP contribution >= 0.6 is 12.2 Å². The van der Waals surface area contributed by atoms with Gasteiger partial charge in [0, 0.05) is 5.56 Å². The molecule has 7 heteroatoms. The molecule has 6 nitrogen and oxygen atoms in total. The van der Waals surface area contributed by atoms with Crippen LogP contribution in [0.25, 0.3) is 6.08 Å². The number of ether oxygens (including phenoxy) is 2. The average molecular weight is 365 g/mol. The van der Waals surface area contributed by atoms with Gasteiger partial charge in [-0.15, -0.1) is 0 Å². The van der Waals surface area contributed by atoms with Crippen LogP contribution in [0.4, 0.5) is 0 Å². The van der Waals surface area contributed by atoms with Gasteiger partial charge in [0.2, 0.25) is 0 Å². The number of rotatable bonds is 5. The summed E-state index contributed by atoms with van der Waals surface area (Å²) < 4.78 is 11.2. The van der Waals surface area contributed by atoms with E-state index in [9.17, 15) is 4.79 Å². The van der Waals surface area contributed by atoms with Crippen LogP contribution in [0.3, 0.4) is 0 Å². The number of nitriles is 1. The van der Waals surface area contributed by atoms with E-state index in [2.05, 4.69) is 16.7 Å². The van der Waals surface area contributed by atoms with Crippen molar-refractivity contribution in [3.63, 3.8) is 0 Å². The second kappa shape index (κ2) is 7.68. The molecule has 1 fully saturated rings. The predicted molar refractivity (Wildman–Crippen MR) is 100 cm³/mol. The van der Waals surface area contributed by atoms with Crippen LogP contribution in [-0.4, -0.2) is 18.1 Å². The van der Waals surface area contributed by atoms with Gasteiger partial charge in [0.05, 0.1) is 18.7 Å². The smallest absolute Gasteiger partial charge is 0.273 e. The number of carbonyl (C=O) groups excluding carboxylic acids is 1. The third-order valence-electron chi connectivity index (χ3n) is 3.74. The molecule has 0 spiro atoms. The maximum Gasteiger partial charge on any atom is 0.273 e. The number of benzene rings is 2. The Bertz CT molecular complexity index is 947. The van der Waals surface area contributed by atoms with E-state index in [1.54, 1.807) is 30.3 Å². The van der Waals surface area contributed by atoms with Crippen molar-refractivity contribution in [3.05, 3.63) is 64.9 Å². The lowest BCUT2D eigenvalue weighted by molar-refractivity contribution is -0.115. The highest BCUT2D eigenvalue weighted by Gasteiger charge is 2.20. The van der Waals surface area contributed by atoms with Crippen molar-refractivity contribution in [2.24, 2.45) is 0 Å². The molecule has 0 aliphatic carbocycles. The van der Waals surface area contributed by atoms with Gasteiger partial charge in [-0.2, -0.15) is 5.26 Å². The zero-order valence-corrected chi connectivity index (χ0v) is 14.7. The van der Waals surface area contributed by atoms with Gasteiger partial charge in [-0.05, 0) is 42.1 Å². The third kappa shape index (κ3) is 3.82. The quantitative estimate of drug-likeness (QED) is 0.626. The van der Waals surface area contributed by atoms with E-state index in [-0.39, 0.29) is 17.6 Å². The monoisotopic (exact) mass is 365 g/mol. The first-order valence-electron chi connectivity index (χ1n) is 7.73. The number of methoxy groups -OCH3 is 1. The van der Waals surface area contributed by atoms with Crippen LogP contribution in [0.5, 0.6) is 11.5 Å². The largest absolute Gasteiger partial charge is 0.493 e. The van der Waals surface area contributed by atoms with Crippen LogP contribution in [0.2, 0.25) is 0 Å². The summed E-state index contributed by atoms with van der Waals surface area (Å²) in [6, 6.07) is 14.7. The maximum atomic E-state index is 11.7. The first kappa shape index (κ1) is 17.5. The molecule has 0 atom stereocenters. The highest BCUT2D eigenvalue weighted by molar-refractivity contribution is 7.80. The third-order valence-corrected chi connectivity index (χ3v) is 3.94. The molecule has 1 aliphatic rings. The van der Waals surface area contributed by atoms with Crippen LogP contribution < -0.4 is 20.1 Å². The number of carbonyl (C=O) groups is 1. The Morgan fingerprint density at radius 2 is 2.00 bits per heavy atom. The Morgan fingerprint density at radius 1 is 1.19 bits per heavy atom. The lowest BCUT2D eigenvalue weighted by atomic mass is 10.1. The molecule has 2 aromatic carbocycles. The number of nitrogens with zero attached hydrogens (tertiary/aromatic N) is 1. The van der Waals surface area contributed by atoms with Gasteiger partial charge < -0.3 is 14.8 Å². The summed E-state index contributed by atoms with van der Waals surface area (Å²) in [6.45, 7) is 0.249. The second-order valence-electron chi connectivity index (χ2n) is 5.43. The van der Waals surface area contributed by atoms with Crippen LogP contribution in [-0.2, 0) is 11.4 Å². The molecule has 3 rings (SSSR count). The minimum absolute atomic E-state index is 0.249. The number of thiocarbonyl (C=S) groups is 1. The lowest BCUT2D eigenvalue weighted by Gasteiger charge is -2.12. The topological polar surface area (TPSA) is 83.4 Å². The zero-order valence-electron chi connectivity index (χ0n) is 13.9. The van der Waals surface area contributed by atoms with Crippen LogP contribution in [0.1, 0.15) is 16.7 Å². The molecule has 0 saturated carbocycles. The summed E-state index contributed by atoms with van der Waals surface area (Å²) in [4.78, 5) is 11.7. The molecule has 1 saturated heterocycles. The van der Waals surface area contributed by atoms with Crippen molar-refractivity contribution < 1.29 is 14.3 Å². The summed E-state index contributed by atoms with van der Waals surface area (Å²) in [5, 5.41) is 14.7. The van der Waals surface area contributed by atoms with Gasteiger partial charge in [-0.1, -0.05) is 24.3 Å². The number of hydrogen-bond acceptors (Lipinski definition) is 5. The van der Waals surface area contributed by atoms with E-state index < -0.39 is 0 Å². The van der Waals surface area contributed by atoms with Gasteiger partial charge in [0.15, 0.2) is 16.6 Å². The van der Waals surface area contributed by atoms with Gasteiger partial charge >= 0.3 is 0 Å². The van der Waals surface area contributed by atoms with Gasteiger partial charge in [0.1, 0.15) is 12.3 Å². The minimum Gasteiger partial charge on any atom is -0.493 e. The highest BCUT2D eigenvalue weighted by Crippen LogP contribution is 2.30. The summed E-state index contributed by atoms with van der Waals surface area (Å²) in [6.07, 6.45) is 1.67. The van der Waals surface area contributed by atoms with Crippen LogP contribution in [0.15, 0.2) is 48.2 Å². The van der Waals surface area contributed by atoms with Crippen molar-refractivity contribution in [1.82, 2.24) is 10.6 Å². The first-order valence-corrected chi connectivity index (χ1v) is 8.14. The number of nitrogens with one attached hydrogen (secondary N) is 2. The minimum atomic E-state index is -0.276. The SMILES string of the molecule is COc1cc(/C=C2/NC(=S)NC2=O)ccc1OCc1ccccc1C#N. The van der Waals surface area contributed by atoms with E-state index in [0.29, 0.717) is 22.8 Å². The van der Waals surface area contributed by atoms with Crippen molar-refractivity contribution in [3.8, 4) is 17.6 Å². The number of hydrogen-bond donors (Lipinski definition) is 2. The summed E-state index contributed by atoms with van der Waals surface area (Å²) in [5.41, 5.74) is 2.49. The molecule has 1 heterocycles. The molecule has 0 bridgehead atoms. The van der Waals surface area contributed by atoms with Gasteiger partial charge in [-0.25, -0.2) is 0 Å². The molecule has 130 valence electrons. The van der Waals surface area contributed by atoms with E-state index >= 15 is 0 Å². The Kier molecular flexibility index (Phi) is 5.15. The standard InChI is InChI=1S/C19H15N3O3S/c1-24-17-9-12(8-15-18(23)22-19(26)21-15)6-7-16(17)25-11-14-5-3-2-4-13(14)10-20/h2-9H,11H2,1H3,(H2,21,22,23,26)/b15-8+. The summed E-state index contributed by atoms with van der Waals surface area (Å²) in [7, 11) is 1.54. The predicted octanol–water partition coefficient (Wildman–Crippen LogP) is 2.49. The van der Waals surface area contributed by atoms with Gasteiger partial charge in [0.25, 0.3) is 5.91 Å². The average Bonchev–Trinajstić information content (AvgIpc) is 2.97. The molecule has 0 unspecified atom stereocenters. The Morgan fingerprint density at radius 3 is 2.69 bits per heavy atom. The van der Waals surface area contributed by atoms with Crippen molar-refractivity contribution in [1.29, 1.82) is 5.26 Å². The number of amides is 1. The van der Waals surface area contributed by atoms with E-state index in [1.807, 2.05) is 18.2 Å². The Hall–Kier alpha value is -3.37. The first-order chi connectivity index (χ1) is 12.6. The van der Waals surface area contributed by atoms with Crippen molar-refractivity contribution in [2.45, 2.75) is 6.61 Å². The highest BCUT2D eigenvalue weighted by atomic mass is 32.1. The summed E-state index contributed by atoms with van der Waals surface area (Å²) >= 11 is 4.91. The van der Waals surface area contributed by atoms with E-state index in [4.69, 9.17) is 27.0 Å². The molecule has 1 amide bonds. The maximum absolute atomic E-state index is 11.7. The van der Waals surface area contributed by atoms with Crippen LogP contribution in [0, 0.1) is 11.3 Å². The molecular weight excluding hydrogens is 350 g/mol. The molecule has 1 aliphatic heterocycles. The Balaban J connectivity index is 1.79.